The zero-order valence-corrected chi connectivity index (χ0v) is 9.08. The zero-order valence-electron chi connectivity index (χ0n) is 9.08. The largest absolute Gasteiger partial charge is 0.481 e. The van der Waals surface area contributed by atoms with Crippen LogP contribution in [0.3, 0.4) is 0 Å². The predicted octanol–water partition coefficient (Wildman–Crippen LogP) is -0.100. The van der Waals surface area contributed by atoms with Crippen molar-refractivity contribution in [2.75, 3.05) is 11.4 Å². The third-order valence-electron chi connectivity index (χ3n) is 2.20. The molecular weight excluding hydrogens is 198 g/mol. The van der Waals surface area contributed by atoms with Crippen molar-refractivity contribution in [3.8, 4) is 0 Å². The predicted molar refractivity (Wildman–Crippen MR) is 53.5 cm³/mol. The molecule has 0 fully saturated rings. The first-order valence-corrected chi connectivity index (χ1v) is 4.77. The summed E-state index contributed by atoms with van der Waals surface area (Å²) in [4.78, 5) is 12.5. The van der Waals surface area contributed by atoms with Crippen LogP contribution in [0.25, 0.3) is 0 Å². The molecule has 7 heteroatoms. The summed E-state index contributed by atoms with van der Waals surface area (Å²) in [6.07, 6.45) is 0.0701. The molecule has 1 aromatic heterocycles. The van der Waals surface area contributed by atoms with Crippen molar-refractivity contribution in [2.45, 2.75) is 26.3 Å². The van der Waals surface area contributed by atoms with Crippen molar-refractivity contribution in [1.82, 2.24) is 20.2 Å². The lowest BCUT2D eigenvalue weighted by Gasteiger charge is -2.26. The second kappa shape index (κ2) is 4.72. The first kappa shape index (κ1) is 11.4. The van der Waals surface area contributed by atoms with E-state index in [1.165, 1.54) is 4.68 Å². The lowest BCUT2D eigenvalue weighted by atomic mass is 10.2. The van der Waals surface area contributed by atoms with Gasteiger partial charge in [0.2, 0.25) is 5.95 Å². The van der Waals surface area contributed by atoms with E-state index in [0.29, 0.717) is 12.5 Å². The Kier molecular flexibility index (Phi) is 3.59. The fraction of sp³-hybridized carbons (Fsp3) is 0.750. The van der Waals surface area contributed by atoms with Gasteiger partial charge in [-0.05, 0) is 24.3 Å². The van der Waals surface area contributed by atoms with Gasteiger partial charge in [-0.25, -0.2) is 4.68 Å². The average Bonchev–Trinajstić information content (AvgIpc) is 2.52. The Balaban J connectivity index is 2.80. The van der Waals surface area contributed by atoms with Crippen LogP contribution in [0.15, 0.2) is 0 Å². The van der Waals surface area contributed by atoms with E-state index >= 15 is 0 Å². The molecule has 0 bridgehead atoms. The lowest BCUT2D eigenvalue weighted by Crippen LogP contribution is -2.36. The van der Waals surface area contributed by atoms with Gasteiger partial charge >= 0.3 is 5.97 Å². The Bertz CT molecular complexity index is 338. The summed E-state index contributed by atoms with van der Waals surface area (Å²) >= 11 is 0. The van der Waals surface area contributed by atoms with Gasteiger partial charge in [-0.15, -0.1) is 0 Å². The normalized spacial score (nSPS) is 12.5. The van der Waals surface area contributed by atoms with E-state index in [1.807, 2.05) is 18.7 Å². The summed E-state index contributed by atoms with van der Waals surface area (Å²) in [5.41, 5.74) is 0. The average molecular weight is 213 g/mol. The minimum absolute atomic E-state index is 0.0701. The minimum atomic E-state index is -0.823. The van der Waals surface area contributed by atoms with E-state index in [9.17, 15) is 4.79 Å². The molecule has 0 aliphatic rings. The molecule has 1 rings (SSSR count). The number of aliphatic carboxylic acids is 1. The minimum Gasteiger partial charge on any atom is -0.481 e. The van der Waals surface area contributed by atoms with Crippen molar-refractivity contribution < 1.29 is 9.90 Å². The number of aromatic nitrogens is 4. The van der Waals surface area contributed by atoms with Gasteiger partial charge in [0.15, 0.2) is 0 Å². The van der Waals surface area contributed by atoms with Crippen LogP contribution in [-0.2, 0) is 11.8 Å². The Morgan fingerprint density at radius 1 is 1.67 bits per heavy atom. The van der Waals surface area contributed by atoms with Gasteiger partial charge in [0.1, 0.15) is 0 Å². The van der Waals surface area contributed by atoms with Crippen LogP contribution in [0.4, 0.5) is 5.95 Å². The quantitative estimate of drug-likeness (QED) is 0.735. The lowest BCUT2D eigenvalue weighted by molar-refractivity contribution is -0.137. The van der Waals surface area contributed by atoms with Crippen LogP contribution in [0.5, 0.6) is 0 Å². The summed E-state index contributed by atoms with van der Waals surface area (Å²) in [6.45, 7) is 4.45. The molecule has 0 radical (unpaired) electrons. The van der Waals surface area contributed by atoms with E-state index in [1.54, 1.807) is 7.05 Å². The summed E-state index contributed by atoms with van der Waals surface area (Å²) in [5, 5.41) is 19.8. The molecule has 15 heavy (non-hydrogen) atoms. The van der Waals surface area contributed by atoms with Gasteiger partial charge in [0.25, 0.3) is 0 Å². The highest BCUT2D eigenvalue weighted by molar-refractivity contribution is 5.68. The van der Waals surface area contributed by atoms with Gasteiger partial charge in [-0.3, -0.25) is 4.79 Å². The Labute approximate surface area is 87.7 Å². The molecule has 0 aliphatic carbocycles. The van der Waals surface area contributed by atoms with Gasteiger partial charge in [0, 0.05) is 19.6 Å². The fourth-order valence-electron chi connectivity index (χ4n) is 1.48. The summed E-state index contributed by atoms with van der Waals surface area (Å²) in [5.74, 6) is -0.234. The first-order chi connectivity index (χ1) is 7.06. The molecule has 1 heterocycles. The number of aryl methyl sites for hydroxylation is 1. The molecule has 1 atom stereocenters. The number of tetrazole rings is 1. The highest BCUT2D eigenvalue weighted by atomic mass is 16.4. The molecule has 7 nitrogen and oxygen atoms in total. The molecule has 84 valence electrons. The third-order valence-corrected chi connectivity index (χ3v) is 2.20. The molecule has 0 amide bonds. The van der Waals surface area contributed by atoms with Crippen molar-refractivity contribution in [2.24, 2.45) is 7.05 Å². The second-order valence-electron chi connectivity index (χ2n) is 3.34. The number of carboxylic acids is 1. The van der Waals surface area contributed by atoms with E-state index in [4.69, 9.17) is 5.11 Å². The number of nitrogens with zero attached hydrogens (tertiary/aromatic N) is 5. The summed E-state index contributed by atoms with van der Waals surface area (Å²) < 4.78 is 1.53. The van der Waals surface area contributed by atoms with E-state index in [-0.39, 0.29) is 12.5 Å². The first-order valence-electron chi connectivity index (χ1n) is 4.77. The Morgan fingerprint density at radius 3 is 2.73 bits per heavy atom. The van der Waals surface area contributed by atoms with Crippen LogP contribution < -0.4 is 4.90 Å². The second-order valence-corrected chi connectivity index (χ2v) is 3.34. The smallest absolute Gasteiger partial charge is 0.305 e. The van der Waals surface area contributed by atoms with Crippen molar-refractivity contribution in [3.63, 3.8) is 0 Å². The monoisotopic (exact) mass is 213 g/mol. The Morgan fingerprint density at radius 2 is 2.33 bits per heavy atom. The maximum atomic E-state index is 10.6. The number of rotatable bonds is 5. The van der Waals surface area contributed by atoms with Crippen LogP contribution in [0, 0.1) is 0 Å². The SMILES string of the molecule is CCN(c1nnnn1C)C(C)CC(=O)O. The zero-order chi connectivity index (χ0) is 11.4. The Hall–Kier alpha value is -1.66. The highest BCUT2D eigenvalue weighted by Gasteiger charge is 2.19. The van der Waals surface area contributed by atoms with Crippen LogP contribution in [-0.4, -0.2) is 43.9 Å². The third kappa shape index (κ3) is 2.64. The molecular formula is C8H15N5O2. The highest BCUT2D eigenvalue weighted by Crippen LogP contribution is 2.12. The molecule has 0 aromatic carbocycles. The number of carbonyl (C=O) groups is 1. The molecule has 0 saturated carbocycles. The van der Waals surface area contributed by atoms with Gasteiger partial charge in [-0.1, -0.05) is 5.10 Å². The van der Waals surface area contributed by atoms with Crippen LogP contribution in [0.2, 0.25) is 0 Å². The number of carboxylic acid groups (broad SMARTS) is 1. The number of hydrogen-bond acceptors (Lipinski definition) is 5. The molecule has 1 aromatic rings. The molecule has 0 aliphatic heterocycles. The maximum Gasteiger partial charge on any atom is 0.305 e. The van der Waals surface area contributed by atoms with Crippen LogP contribution >= 0.6 is 0 Å². The van der Waals surface area contributed by atoms with Crippen molar-refractivity contribution in [3.05, 3.63) is 0 Å². The number of hydrogen-bond donors (Lipinski definition) is 1. The van der Waals surface area contributed by atoms with E-state index in [2.05, 4.69) is 15.5 Å². The van der Waals surface area contributed by atoms with E-state index < -0.39 is 5.97 Å². The molecule has 0 spiro atoms. The maximum absolute atomic E-state index is 10.6. The van der Waals surface area contributed by atoms with E-state index in [0.717, 1.165) is 0 Å². The van der Waals surface area contributed by atoms with Gasteiger partial charge in [-0.2, -0.15) is 0 Å². The standard InChI is InChI=1S/C8H15N5O2/c1-4-13(6(2)5-7(14)15)8-9-10-11-12(8)3/h6H,4-5H2,1-3H3,(H,14,15). The molecule has 1 N–H and O–H groups in total. The fourth-order valence-corrected chi connectivity index (χ4v) is 1.48. The topological polar surface area (TPSA) is 84.1 Å². The van der Waals surface area contributed by atoms with Crippen molar-refractivity contribution >= 4 is 11.9 Å². The van der Waals surface area contributed by atoms with Crippen molar-refractivity contribution in [1.29, 1.82) is 0 Å². The van der Waals surface area contributed by atoms with Crippen LogP contribution in [0.1, 0.15) is 20.3 Å². The molecule has 1 unspecified atom stereocenters. The summed E-state index contributed by atoms with van der Waals surface area (Å²) in [7, 11) is 1.73. The molecule has 0 saturated heterocycles. The summed E-state index contributed by atoms with van der Waals surface area (Å²) in [6, 6.07) is -0.128. The van der Waals surface area contributed by atoms with Gasteiger partial charge in [0.05, 0.1) is 6.42 Å². The van der Waals surface area contributed by atoms with Gasteiger partial charge < -0.3 is 10.0 Å². The number of anilines is 1.